The second-order valence-electron chi connectivity index (χ2n) is 9.97. The van der Waals surface area contributed by atoms with Gasteiger partial charge >= 0.3 is 0 Å². The van der Waals surface area contributed by atoms with E-state index >= 15 is 0 Å². The highest BCUT2D eigenvalue weighted by molar-refractivity contribution is 6.33. The van der Waals surface area contributed by atoms with Crippen LogP contribution in [-0.4, -0.2) is 6.61 Å². The van der Waals surface area contributed by atoms with Gasteiger partial charge in [-0.25, -0.2) is 4.39 Å². The van der Waals surface area contributed by atoms with Gasteiger partial charge in [0.1, 0.15) is 0 Å². The maximum absolute atomic E-state index is 14.7. The van der Waals surface area contributed by atoms with Gasteiger partial charge in [-0.3, -0.25) is 0 Å². The van der Waals surface area contributed by atoms with E-state index in [9.17, 15) is 4.39 Å². The van der Waals surface area contributed by atoms with E-state index in [4.69, 9.17) is 16.3 Å². The smallest absolute Gasteiger partial charge is 0.184 e. The fraction of sp³-hybridized carbons (Fsp3) is 0.533. The zero-order chi connectivity index (χ0) is 23.2. The van der Waals surface area contributed by atoms with Crippen LogP contribution in [0.3, 0.4) is 0 Å². The van der Waals surface area contributed by atoms with Crippen molar-refractivity contribution in [3.05, 3.63) is 58.9 Å². The molecule has 0 N–H and O–H groups in total. The van der Waals surface area contributed by atoms with Crippen LogP contribution in [0.2, 0.25) is 5.02 Å². The quantitative estimate of drug-likeness (QED) is 0.350. The molecule has 178 valence electrons. The van der Waals surface area contributed by atoms with Gasteiger partial charge in [-0.2, -0.15) is 0 Å². The molecule has 2 aromatic carbocycles. The zero-order valence-electron chi connectivity index (χ0n) is 20.2. The molecule has 33 heavy (non-hydrogen) atoms. The molecule has 2 aromatic rings. The average Bonchev–Trinajstić information content (AvgIpc) is 2.87. The third-order valence-corrected chi connectivity index (χ3v) is 8.33. The van der Waals surface area contributed by atoms with Crippen LogP contribution in [0.4, 0.5) is 4.39 Å². The van der Waals surface area contributed by atoms with Gasteiger partial charge in [0, 0.05) is 5.56 Å². The second-order valence-corrected chi connectivity index (χ2v) is 10.3. The van der Waals surface area contributed by atoms with Gasteiger partial charge in [0.25, 0.3) is 0 Å². The molecule has 1 unspecified atom stereocenters. The number of hydrogen-bond acceptors (Lipinski definition) is 1. The Morgan fingerprint density at radius 2 is 1.64 bits per heavy atom. The molecule has 1 fully saturated rings. The van der Waals surface area contributed by atoms with Gasteiger partial charge in [0.15, 0.2) is 11.6 Å². The fourth-order valence-electron chi connectivity index (χ4n) is 5.67. The molecule has 0 spiro atoms. The zero-order valence-corrected chi connectivity index (χ0v) is 21.0. The molecule has 3 heteroatoms. The van der Waals surface area contributed by atoms with E-state index < -0.39 is 5.82 Å². The Bertz CT molecular complexity index is 941. The summed E-state index contributed by atoms with van der Waals surface area (Å²) in [5.41, 5.74) is 4.38. The van der Waals surface area contributed by atoms with Crippen molar-refractivity contribution in [3.8, 4) is 16.9 Å². The van der Waals surface area contributed by atoms with Crippen LogP contribution < -0.4 is 4.74 Å². The first-order valence-electron chi connectivity index (χ1n) is 13.0. The Kier molecular flexibility index (Phi) is 8.52. The number of ether oxygens (including phenoxy) is 1. The minimum atomic E-state index is -0.469. The molecule has 4 rings (SSSR count). The lowest BCUT2D eigenvalue weighted by atomic mass is 9.70. The lowest BCUT2D eigenvalue weighted by Crippen LogP contribution is -2.22. The molecule has 0 saturated heterocycles. The van der Waals surface area contributed by atoms with Crippen molar-refractivity contribution in [3.63, 3.8) is 0 Å². The van der Waals surface area contributed by atoms with Crippen molar-refractivity contribution >= 4 is 17.2 Å². The summed E-state index contributed by atoms with van der Waals surface area (Å²) in [6.45, 7) is 4.93. The maximum atomic E-state index is 14.7. The van der Waals surface area contributed by atoms with Crippen LogP contribution in [0.5, 0.6) is 5.75 Å². The third kappa shape index (κ3) is 5.83. The predicted molar refractivity (Wildman–Crippen MR) is 138 cm³/mol. The number of hydrogen-bond donors (Lipinski definition) is 0. The van der Waals surface area contributed by atoms with Crippen molar-refractivity contribution in [1.29, 1.82) is 0 Å². The van der Waals surface area contributed by atoms with Gasteiger partial charge in [0.05, 0.1) is 11.6 Å². The van der Waals surface area contributed by atoms with Crippen molar-refractivity contribution < 1.29 is 9.13 Å². The Morgan fingerprint density at radius 3 is 2.27 bits per heavy atom. The minimum absolute atomic E-state index is 0.134. The predicted octanol–water partition coefficient (Wildman–Crippen LogP) is 9.72. The fourth-order valence-corrected chi connectivity index (χ4v) is 5.93. The molecule has 1 saturated carbocycles. The standard InChI is InChI=1S/C30H38ClFO/c1-3-5-20-33-28-19-18-27(29(31)30(28)32)26-16-14-25(15-17-26)24-12-10-23(11-13-24)22-8-6-21(4-2)7-9-22/h12,14-19,21-23H,3-11,13,20H2,1-2H3. The summed E-state index contributed by atoms with van der Waals surface area (Å²) >= 11 is 6.38. The number of unbranched alkanes of at least 4 members (excludes halogenated alkanes) is 1. The summed E-state index contributed by atoms with van der Waals surface area (Å²) in [7, 11) is 0. The van der Waals surface area contributed by atoms with Crippen molar-refractivity contribution in [2.24, 2.45) is 17.8 Å². The Hall–Kier alpha value is -1.80. The van der Waals surface area contributed by atoms with E-state index in [1.807, 2.05) is 6.07 Å². The monoisotopic (exact) mass is 468 g/mol. The molecule has 1 nitrogen and oxygen atoms in total. The van der Waals surface area contributed by atoms with Crippen LogP contribution in [0, 0.1) is 23.6 Å². The number of allylic oxidation sites excluding steroid dienone is 2. The second kappa shape index (κ2) is 11.6. The summed E-state index contributed by atoms with van der Waals surface area (Å²) in [5, 5.41) is 0.134. The molecular weight excluding hydrogens is 431 g/mol. The Labute approximate surface area is 204 Å². The van der Waals surface area contributed by atoms with Crippen molar-refractivity contribution in [1.82, 2.24) is 0 Å². The molecule has 0 aliphatic heterocycles. The SMILES string of the molecule is CCCCOc1ccc(-c2ccc(C3=CCC(C4CCC(CC)CC4)CC3)cc2)c(Cl)c1F. The van der Waals surface area contributed by atoms with Crippen LogP contribution >= 0.6 is 11.6 Å². The van der Waals surface area contributed by atoms with Crippen LogP contribution in [0.25, 0.3) is 16.7 Å². The molecule has 2 aliphatic rings. The van der Waals surface area contributed by atoms with Gasteiger partial charge < -0.3 is 4.74 Å². The Morgan fingerprint density at radius 1 is 0.909 bits per heavy atom. The van der Waals surface area contributed by atoms with Crippen LogP contribution in [0.15, 0.2) is 42.5 Å². The molecule has 0 bridgehead atoms. The van der Waals surface area contributed by atoms with E-state index in [-0.39, 0.29) is 10.8 Å². The third-order valence-electron chi connectivity index (χ3n) is 7.96. The van der Waals surface area contributed by atoms with Gasteiger partial charge in [0.2, 0.25) is 0 Å². The molecule has 0 heterocycles. The normalized spacial score (nSPS) is 23.3. The lowest BCUT2D eigenvalue weighted by molar-refractivity contribution is 0.192. The summed E-state index contributed by atoms with van der Waals surface area (Å²) in [5.74, 6) is 2.54. The number of halogens is 2. The number of benzene rings is 2. The van der Waals surface area contributed by atoms with Crippen molar-refractivity contribution in [2.45, 2.75) is 78.1 Å². The topological polar surface area (TPSA) is 9.23 Å². The molecule has 1 atom stereocenters. The summed E-state index contributed by atoms with van der Waals surface area (Å²) in [4.78, 5) is 0. The van der Waals surface area contributed by atoms with Crippen LogP contribution in [-0.2, 0) is 0 Å². The lowest BCUT2D eigenvalue weighted by Gasteiger charge is -2.35. The highest BCUT2D eigenvalue weighted by Gasteiger charge is 2.28. The van der Waals surface area contributed by atoms with E-state index in [2.05, 4.69) is 44.2 Å². The Balaban J connectivity index is 1.40. The summed E-state index contributed by atoms with van der Waals surface area (Å²) < 4.78 is 20.3. The molecule has 0 amide bonds. The summed E-state index contributed by atoms with van der Waals surface area (Å²) in [6.07, 6.45) is 15.2. The van der Waals surface area contributed by atoms with Gasteiger partial charge in [-0.05, 0) is 85.1 Å². The maximum Gasteiger partial charge on any atom is 0.184 e. The van der Waals surface area contributed by atoms with E-state index in [0.717, 1.165) is 42.6 Å². The van der Waals surface area contributed by atoms with E-state index in [1.54, 1.807) is 6.07 Å². The summed E-state index contributed by atoms with van der Waals surface area (Å²) in [6, 6.07) is 12.0. The first-order chi connectivity index (χ1) is 16.1. The highest BCUT2D eigenvalue weighted by atomic mass is 35.5. The molecule has 0 aromatic heterocycles. The van der Waals surface area contributed by atoms with E-state index in [0.29, 0.717) is 12.2 Å². The molecule has 2 aliphatic carbocycles. The first-order valence-corrected chi connectivity index (χ1v) is 13.4. The molecule has 0 radical (unpaired) electrons. The van der Waals surface area contributed by atoms with Crippen molar-refractivity contribution in [2.75, 3.05) is 6.61 Å². The van der Waals surface area contributed by atoms with Gasteiger partial charge in [-0.1, -0.05) is 81.5 Å². The van der Waals surface area contributed by atoms with Crippen LogP contribution in [0.1, 0.15) is 83.6 Å². The number of rotatable bonds is 8. The first kappa shape index (κ1) is 24.3. The minimum Gasteiger partial charge on any atom is -0.490 e. The largest absolute Gasteiger partial charge is 0.490 e. The highest BCUT2D eigenvalue weighted by Crippen LogP contribution is 2.42. The van der Waals surface area contributed by atoms with E-state index in [1.165, 1.54) is 56.1 Å². The van der Waals surface area contributed by atoms with Gasteiger partial charge in [-0.15, -0.1) is 0 Å². The molecular formula is C30H38ClFO. The average molecular weight is 469 g/mol.